The first-order valence-corrected chi connectivity index (χ1v) is 10.7. The Balaban J connectivity index is 1.45. The quantitative estimate of drug-likeness (QED) is 0.760. The Morgan fingerprint density at radius 3 is 2.59 bits per heavy atom. The third-order valence-electron chi connectivity index (χ3n) is 7.07. The van der Waals surface area contributed by atoms with Crippen molar-refractivity contribution in [3.63, 3.8) is 0 Å². The second-order valence-electron chi connectivity index (χ2n) is 8.62. The predicted molar refractivity (Wildman–Crippen MR) is 102 cm³/mol. The molecule has 7 nitrogen and oxygen atoms in total. The highest BCUT2D eigenvalue weighted by molar-refractivity contribution is 5.83. The molecule has 2 N–H and O–H groups in total. The molecule has 0 bridgehead atoms. The average Bonchev–Trinajstić information content (AvgIpc) is 3.06. The predicted octanol–water partition coefficient (Wildman–Crippen LogP) is 2.19. The van der Waals surface area contributed by atoms with Crippen molar-refractivity contribution in [2.75, 3.05) is 26.2 Å². The first-order chi connectivity index (χ1) is 13.1. The van der Waals surface area contributed by atoms with Gasteiger partial charge in [-0.05, 0) is 63.7 Å². The van der Waals surface area contributed by atoms with Crippen LogP contribution < -0.4 is 10.6 Å². The molecule has 1 aromatic heterocycles. The standard InChI is InChI=1S/C20H33N5O2/c1-3-25(4-2)14-16-22-18(24-27-16)20(7-5-6-8-20)23-17(26)15-13-19(15)9-11-21-12-10-19/h15,21H,3-14H2,1-2H3,(H,23,26). The molecule has 1 spiro atoms. The van der Waals surface area contributed by atoms with E-state index in [9.17, 15) is 4.79 Å². The van der Waals surface area contributed by atoms with Crippen molar-refractivity contribution in [1.82, 2.24) is 25.7 Å². The van der Waals surface area contributed by atoms with E-state index < -0.39 is 5.54 Å². The van der Waals surface area contributed by atoms with Crippen LogP contribution in [-0.4, -0.2) is 47.1 Å². The van der Waals surface area contributed by atoms with E-state index in [4.69, 9.17) is 9.51 Å². The fraction of sp³-hybridized carbons (Fsp3) is 0.850. The van der Waals surface area contributed by atoms with Crippen LogP contribution in [0, 0.1) is 11.3 Å². The minimum Gasteiger partial charge on any atom is -0.343 e. The number of piperidine rings is 1. The maximum absolute atomic E-state index is 13.1. The first-order valence-electron chi connectivity index (χ1n) is 10.7. The Kier molecular flexibility index (Phi) is 5.25. The van der Waals surface area contributed by atoms with Crippen LogP contribution >= 0.6 is 0 Å². The maximum atomic E-state index is 13.1. The number of hydrogen-bond donors (Lipinski definition) is 2. The zero-order chi connectivity index (χ0) is 18.9. The van der Waals surface area contributed by atoms with Gasteiger partial charge in [-0.3, -0.25) is 9.69 Å². The van der Waals surface area contributed by atoms with Crippen LogP contribution in [-0.2, 0) is 16.9 Å². The van der Waals surface area contributed by atoms with Crippen LogP contribution in [0.5, 0.6) is 0 Å². The minimum atomic E-state index is -0.432. The summed E-state index contributed by atoms with van der Waals surface area (Å²) in [6.07, 6.45) is 7.28. The summed E-state index contributed by atoms with van der Waals surface area (Å²) < 4.78 is 5.54. The third-order valence-corrected chi connectivity index (χ3v) is 7.07. The van der Waals surface area contributed by atoms with Gasteiger partial charge in [-0.2, -0.15) is 4.98 Å². The topological polar surface area (TPSA) is 83.3 Å². The monoisotopic (exact) mass is 375 g/mol. The van der Waals surface area contributed by atoms with Gasteiger partial charge in [0.2, 0.25) is 11.8 Å². The van der Waals surface area contributed by atoms with E-state index in [1.54, 1.807) is 0 Å². The lowest BCUT2D eigenvalue weighted by molar-refractivity contribution is -0.125. The highest BCUT2D eigenvalue weighted by Gasteiger charge is 2.59. The number of amides is 1. The van der Waals surface area contributed by atoms with Crippen molar-refractivity contribution in [2.45, 2.75) is 70.9 Å². The molecule has 3 aliphatic rings. The summed E-state index contributed by atoms with van der Waals surface area (Å²) >= 11 is 0. The normalized spacial score (nSPS) is 25.8. The van der Waals surface area contributed by atoms with Crippen LogP contribution in [0.3, 0.4) is 0 Å². The van der Waals surface area contributed by atoms with Crippen molar-refractivity contribution in [3.8, 4) is 0 Å². The zero-order valence-electron chi connectivity index (χ0n) is 16.7. The summed E-state index contributed by atoms with van der Waals surface area (Å²) in [4.78, 5) is 20.0. The third kappa shape index (κ3) is 3.63. The molecule has 1 saturated heterocycles. The molecule has 150 valence electrons. The van der Waals surface area contributed by atoms with Gasteiger partial charge < -0.3 is 15.2 Å². The smallest absolute Gasteiger partial charge is 0.240 e. The molecule has 1 amide bonds. The number of carbonyl (C=O) groups excluding carboxylic acids is 1. The fourth-order valence-electron chi connectivity index (χ4n) is 5.05. The van der Waals surface area contributed by atoms with Crippen LogP contribution in [0.1, 0.15) is 70.5 Å². The fourth-order valence-corrected chi connectivity index (χ4v) is 5.05. The summed E-state index contributed by atoms with van der Waals surface area (Å²) in [5.41, 5.74) is -0.181. The van der Waals surface area contributed by atoms with E-state index in [0.717, 1.165) is 71.1 Å². The van der Waals surface area contributed by atoms with Crippen molar-refractivity contribution in [3.05, 3.63) is 11.7 Å². The Hall–Kier alpha value is -1.47. The van der Waals surface area contributed by atoms with Crippen molar-refractivity contribution >= 4 is 5.91 Å². The molecule has 0 radical (unpaired) electrons. The number of rotatable bonds is 7. The molecule has 27 heavy (non-hydrogen) atoms. The van der Waals surface area contributed by atoms with Gasteiger partial charge in [0, 0.05) is 5.92 Å². The molecule has 2 aliphatic carbocycles. The van der Waals surface area contributed by atoms with Gasteiger partial charge >= 0.3 is 0 Å². The van der Waals surface area contributed by atoms with Gasteiger partial charge in [0.05, 0.1) is 6.54 Å². The Morgan fingerprint density at radius 1 is 1.22 bits per heavy atom. The molecular weight excluding hydrogens is 342 g/mol. The van der Waals surface area contributed by atoms with E-state index in [2.05, 4.69) is 34.5 Å². The summed E-state index contributed by atoms with van der Waals surface area (Å²) in [6.45, 7) is 8.91. The molecule has 4 rings (SSSR count). The van der Waals surface area contributed by atoms with Crippen LogP contribution in [0.2, 0.25) is 0 Å². The number of aromatic nitrogens is 2. The molecule has 7 heteroatoms. The molecule has 0 aromatic carbocycles. The van der Waals surface area contributed by atoms with Crippen LogP contribution in [0.4, 0.5) is 0 Å². The number of hydrogen-bond acceptors (Lipinski definition) is 6. The highest BCUT2D eigenvalue weighted by atomic mass is 16.5. The summed E-state index contributed by atoms with van der Waals surface area (Å²) in [5, 5.41) is 11.1. The lowest BCUT2D eigenvalue weighted by Crippen LogP contribution is -2.46. The molecule has 1 unspecified atom stereocenters. The van der Waals surface area contributed by atoms with E-state index in [1.807, 2.05) is 0 Å². The van der Waals surface area contributed by atoms with E-state index in [0.29, 0.717) is 18.3 Å². The van der Waals surface area contributed by atoms with E-state index >= 15 is 0 Å². The Morgan fingerprint density at radius 2 is 1.93 bits per heavy atom. The molecule has 1 aromatic rings. The van der Waals surface area contributed by atoms with Crippen molar-refractivity contribution < 1.29 is 9.32 Å². The summed E-state index contributed by atoms with van der Waals surface area (Å²) in [6, 6.07) is 0. The number of nitrogens with one attached hydrogen (secondary N) is 2. The second kappa shape index (κ2) is 7.51. The first kappa shape index (κ1) is 18.9. The summed E-state index contributed by atoms with van der Waals surface area (Å²) in [5.74, 6) is 1.69. The molecule has 2 heterocycles. The minimum absolute atomic E-state index is 0.166. The van der Waals surface area contributed by atoms with Crippen molar-refractivity contribution in [2.24, 2.45) is 11.3 Å². The second-order valence-corrected chi connectivity index (χ2v) is 8.62. The SMILES string of the molecule is CCN(CC)Cc1nc(C2(NC(=O)C3CC34CCNCC4)CCCC2)no1. The van der Waals surface area contributed by atoms with Crippen molar-refractivity contribution in [1.29, 1.82) is 0 Å². The summed E-state index contributed by atoms with van der Waals surface area (Å²) in [7, 11) is 0. The van der Waals surface area contributed by atoms with Gasteiger partial charge in [0.15, 0.2) is 5.82 Å². The van der Waals surface area contributed by atoms with Gasteiger partial charge in [-0.1, -0.05) is 31.8 Å². The van der Waals surface area contributed by atoms with Gasteiger partial charge in [0.25, 0.3) is 0 Å². The number of carbonyl (C=O) groups is 1. The van der Waals surface area contributed by atoms with E-state index in [1.165, 1.54) is 0 Å². The van der Waals surface area contributed by atoms with Gasteiger partial charge in [-0.25, -0.2) is 0 Å². The highest BCUT2D eigenvalue weighted by Crippen LogP contribution is 2.59. The Labute approximate surface area is 161 Å². The molecule has 1 atom stereocenters. The molecule has 2 saturated carbocycles. The lowest BCUT2D eigenvalue weighted by atomic mass is 9.90. The van der Waals surface area contributed by atoms with Crippen LogP contribution in [0.15, 0.2) is 4.52 Å². The van der Waals surface area contributed by atoms with Crippen LogP contribution in [0.25, 0.3) is 0 Å². The van der Waals surface area contributed by atoms with Gasteiger partial charge in [0.1, 0.15) is 5.54 Å². The largest absolute Gasteiger partial charge is 0.343 e. The number of nitrogens with zero attached hydrogens (tertiary/aromatic N) is 3. The lowest BCUT2D eigenvalue weighted by Gasteiger charge is -2.28. The molecule has 1 aliphatic heterocycles. The maximum Gasteiger partial charge on any atom is 0.240 e. The average molecular weight is 376 g/mol. The molecule has 3 fully saturated rings. The van der Waals surface area contributed by atoms with E-state index in [-0.39, 0.29) is 17.2 Å². The zero-order valence-corrected chi connectivity index (χ0v) is 16.7. The Bertz CT molecular complexity index is 657. The van der Waals surface area contributed by atoms with Gasteiger partial charge in [-0.15, -0.1) is 0 Å². The molecular formula is C20H33N5O2.